The molecule has 1 amide bonds. The maximum Gasteiger partial charge on any atom is 0.223 e. The first kappa shape index (κ1) is 18.7. The van der Waals surface area contributed by atoms with Gasteiger partial charge in [0, 0.05) is 62.2 Å². The number of nitrogens with zero attached hydrogens (tertiary/aromatic N) is 3. The molecule has 0 spiro atoms. The summed E-state index contributed by atoms with van der Waals surface area (Å²) < 4.78 is 5.16. The van der Waals surface area contributed by atoms with E-state index in [4.69, 9.17) is 4.74 Å². The van der Waals surface area contributed by atoms with E-state index in [-0.39, 0.29) is 5.91 Å². The summed E-state index contributed by atoms with van der Waals surface area (Å²) in [7, 11) is 1.66. The minimum absolute atomic E-state index is 0.259. The van der Waals surface area contributed by atoms with Gasteiger partial charge in [-0.3, -0.25) is 14.7 Å². The number of methoxy groups -OCH3 is 1. The van der Waals surface area contributed by atoms with Crippen LogP contribution < -0.4 is 4.74 Å². The number of carbonyl (C=O) groups is 1. The second-order valence-corrected chi connectivity index (χ2v) is 7.45. The SMILES string of the molecule is COc1ccc(SCCC(=O)N2CCN(Cc3ccncc3)CC2)cc1. The summed E-state index contributed by atoms with van der Waals surface area (Å²) >= 11 is 1.71. The second kappa shape index (κ2) is 9.59. The van der Waals surface area contributed by atoms with Gasteiger partial charge < -0.3 is 9.64 Å². The van der Waals surface area contributed by atoms with Gasteiger partial charge in [-0.25, -0.2) is 0 Å². The van der Waals surface area contributed by atoms with Crippen molar-refractivity contribution < 1.29 is 9.53 Å². The van der Waals surface area contributed by atoms with Gasteiger partial charge in [0.2, 0.25) is 5.91 Å². The van der Waals surface area contributed by atoms with Crippen LogP contribution in [0, 0.1) is 0 Å². The number of ether oxygens (including phenoxy) is 1. The molecule has 2 heterocycles. The van der Waals surface area contributed by atoms with Crippen molar-refractivity contribution >= 4 is 17.7 Å². The topological polar surface area (TPSA) is 45.7 Å². The predicted molar refractivity (Wildman–Crippen MR) is 104 cm³/mol. The molecule has 26 heavy (non-hydrogen) atoms. The fourth-order valence-corrected chi connectivity index (χ4v) is 3.83. The van der Waals surface area contributed by atoms with Crippen molar-refractivity contribution in [2.45, 2.75) is 17.9 Å². The monoisotopic (exact) mass is 371 g/mol. The number of thioether (sulfide) groups is 1. The fourth-order valence-electron chi connectivity index (χ4n) is 2.99. The van der Waals surface area contributed by atoms with E-state index in [2.05, 4.69) is 9.88 Å². The molecule has 0 unspecified atom stereocenters. The minimum Gasteiger partial charge on any atom is -0.497 e. The lowest BCUT2D eigenvalue weighted by Gasteiger charge is -2.34. The van der Waals surface area contributed by atoms with Crippen molar-refractivity contribution in [1.82, 2.24) is 14.8 Å². The van der Waals surface area contributed by atoms with Gasteiger partial charge >= 0.3 is 0 Å². The number of amides is 1. The molecule has 0 atom stereocenters. The van der Waals surface area contributed by atoms with Crippen LogP contribution in [0.1, 0.15) is 12.0 Å². The summed E-state index contributed by atoms with van der Waals surface area (Å²) in [5.41, 5.74) is 1.27. The Morgan fingerprint density at radius 1 is 1.08 bits per heavy atom. The Bertz CT molecular complexity index is 686. The van der Waals surface area contributed by atoms with E-state index >= 15 is 0 Å². The maximum absolute atomic E-state index is 12.4. The highest BCUT2D eigenvalue weighted by atomic mass is 32.2. The molecule has 1 aliphatic heterocycles. The number of piperazine rings is 1. The Labute approximate surface area is 159 Å². The molecule has 3 rings (SSSR count). The molecule has 0 saturated carbocycles. The smallest absolute Gasteiger partial charge is 0.223 e. The minimum atomic E-state index is 0.259. The van der Waals surface area contributed by atoms with Gasteiger partial charge in [-0.1, -0.05) is 0 Å². The molecular weight excluding hydrogens is 346 g/mol. The fraction of sp³-hybridized carbons (Fsp3) is 0.400. The van der Waals surface area contributed by atoms with E-state index in [0.717, 1.165) is 44.2 Å². The zero-order chi connectivity index (χ0) is 18.2. The highest BCUT2D eigenvalue weighted by Crippen LogP contribution is 2.22. The lowest BCUT2D eigenvalue weighted by atomic mass is 10.2. The highest BCUT2D eigenvalue weighted by Gasteiger charge is 2.20. The molecule has 6 heteroatoms. The average molecular weight is 372 g/mol. The van der Waals surface area contributed by atoms with Crippen LogP contribution in [0.15, 0.2) is 53.7 Å². The largest absolute Gasteiger partial charge is 0.497 e. The molecule has 1 aromatic carbocycles. The number of benzene rings is 1. The lowest BCUT2D eigenvalue weighted by Crippen LogP contribution is -2.48. The Hall–Kier alpha value is -2.05. The maximum atomic E-state index is 12.4. The van der Waals surface area contributed by atoms with Gasteiger partial charge in [-0.15, -0.1) is 11.8 Å². The lowest BCUT2D eigenvalue weighted by molar-refractivity contribution is -0.132. The van der Waals surface area contributed by atoms with Crippen molar-refractivity contribution in [3.05, 3.63) is 54.4 Å². The average Bonchev–Trinajstić information content (AvgIpc) is 2.70. The van der Waals surface area contributed by atoms with Crippen molar-refractivity contribution in [2.75, 3.05) is 39.0 Å². The van der Waals surface area contributed by atoms with E-state index in [9.17, 15) is 4.79 Å². The molecule has 0 bridgehead atoms. The molecular formula is C20H25N3O2S. The Morgan fingerprint density at radius 2 is 1.77 bits per heavy atom. The molecule has 1 saturated heterocycles. The van der Waals surface area contributed by atoms with Gasteiger partial charge in [-0.05, 0) is 42.0 Å². The van der Waals surface area contributed by atoms with E-state index in [1.165, 1.54) is 10.5 Å². The van der Waals surface area contributed by atoms with Crippen LogP contribution in [0.2, 0.25) is 0 Å². The molecule has 0 N–H and O–H groups in total. The van der Waals surface area contributed by atoms with Gasteiger partial charge in [0.25, 0.3) is 0 Å². The third kappa shape index (κ3) is 5.47. The van der Waals surface area contributed by atoms with Crippen LogP contribution >= 0.6 is 11.8 Å². The highest BCUT2D eigenvalue weighted by molar-refractivity contribution is 7.99. The molecule has 2 aromatic rings. The van der Waals surface area contributed by atoms with Crippen LogP contribution in [-0.4, -0.2) is 59.7 Å². The summed E-state index contributed by atoms with van der Waals surface area (Å²) in [4.78, 5) is 22.0. The molecule has 1 aromatic heterocycles. The van der Waals surface area contributed by atoms with E-state index in [0.29, 0.717) is 6.42 Å². The van der Waals surface area contributed by atoms with Gasteiger partial charge in [0.15, 0.2) is 0 Å². The van der Waals surface area contributed by atoms with Crippen molar-refractivity contribution in [3.8, 4) is 5.75 Å². The van der Waals surface area contributed by atoms with Gasteiger partial charge in [0.05, 0.1) is 7.11 Å². The quantitative estimate of drug-likeness (QED) is 0.701. The first-order valence-corrected chi connectivity index (χ1v) is 9.89. The third-order valence-electron chi connectivity index (χ3n) is 4.52. The van der Waals surface area contributed by atoms with Crippen molar-refractivity contribution in [1.29, 1.82) is 0 Å². The van der Waals surface area contributed by atoms with E-state index in [1.807, 2.05) is 53.7 Å². The number of hydrogen-bond acceptors (Lipinski definition) is 5. The first-order chi connectivity index (χ1) is 12.7. The Morgan fingerprint density at radius 3 is 2.42 bits per heavy atom. The molecule has 5 nitrogen and oxygen atoms in total. The van der Waals surface area contributed by atoms with Crippen LogP contribution in [0.4, 0.5) is 0 Å². The standard InChI is InChI=1S/C20H25N3O2S/c1-25-18-2-4-19(5-3-18)26-15-8-20(24)23-13-11-22(12-14-23)16-17-6-9-21-10-7-17/h2-7,9-10H,8,11-16H2,1H3. The Balaban J connectivity index is 1.36. The second-order valence-electron chi connectivity index (χ2n) is 6.29. The van der Waals surface area contributed by atoms with E-state index < -0.39 is 0 Å². The normalized spacial score (nSPS) is 15.0. The van der Waals surface area contributed by atoms with E-state index in [1.54, 1.807) is 18.9 Å². The summed E-state index contributed by atoms with van der Waals surface area (Å²) in [6.07, 6.45) is 4.24. The number of aromatic nitrogens is 1. The molecule has 138 valence electrons. The molecule has 0 radical (unpaired) electrons. The molecule has 1 aliphatic rings. The number of carbonyl (C=O) groups excluding carboxylic acids is 1. The third-order valence-corrected chi connectivity index (χ3v) is 5.54. The van der Waals surface area contributed by atoms with Gasteiger partial charge in [0.1, 0.15) is 5.75 Å². The molecule has 0 aliphatic carbocycles. The van der Waals surface area contributed by atoms with Crippen LogP contribution in [0.3, 0.4) is 0 Å². The number of rotatable bonds is 7. The summed E-state index contributed by atoms with van der Waals surface area (Å²) in [5.74, 6) is 1.92. The first-order valence-electron chi connectivity index (χ1n) is 8.90. The zero-order valence-electron chi connectivity index (χ0n) is 15.1. The number of hydrogen-bond donors (Lipinski definition) is 0. The summed E-state index contributed by atoms with van der Waals surface area (Å²) in [6.45, 7) is 4.42. The predicted octanol–water partition coefficient (Wildman–Crippen LogP) is 2.92. The van der Waals surface area contributed by atoms with Crippen LogP contribution in [-0.2, 0) is 11.3 Å². The number of pyridine rings is 1. The molecule has 1 fully saturated rings. The van der Waals surface area contributed by atoms with Gasteiger partial charge in [-0.2, -0.15) is 0 Å². The van der Waals surface area contributed by atoms with Crippen molar-refractivity contribution in [2.24, 2.45) is 0 Å². The summed E-state index contributed by atoms with van der Waals surface area (Å²) in [6, 6.07) is 12.1. The van der Waals surface area contributed by atoms with Crippen molar-refractivity contribution in [3.63, 3.8) is 0 Å². The van der Waals surface area contributed by atoms with Crippen LogP contribution in [0.5, 0.6) is 5.75 Å². The Kier molecular flexibility index (Phi) is 6.91. The zero-order valence-corrected chi connectivity index (χ0v) is 16.0. The summed E-state index contributed by atoms with van der Waals surface area (Å²) in [5, 5.41) is 0. The van der Waals surface area contributed by atoms with Crippen LogP contribution in [0.25, 0.3) is 0 Å².